The van der Waals surface area contributed by atoms with Crippen LogP contribution in [0.25, 0.3) is 0 Å². The van der Waals surface area contributed by atoms with Crippen molar-refractivity contribution in [1.82, 2.24) is 5.32 Å². The molecule has 1 aliphatic heterocycles. The van der Waals surface area contributed by atoms with Crippen LogP contribution < -0.4 is 5.32 Å². The molecule has 5 heteroatoms. The van der Waals surface area contributed by atoms with E-state index in [0.29, 0.717) is 19.4 Å². The second kappa shape index (κ2) is 10.5. The van der Waals surface area contributed by atoms with Crippen LogP contribution in [0, 0.1) is 0 Å². The van der Waals surface area contributed by atoms with E-state index in [9.17, 15) is 9.59 Å². The number of aryl methyl sites for hydroxylation is 1. The third-order valence-electron chi connectivity index (χ3n) is 5.84. The lowest BCUT2D eigenvalue weighted by molar-refractivity contribution is -0.137. The van der Waals surface area contributed by atoms with Crippen molar-refractivity contribution in [3.63, 3.8) is 0 Å². The number of carbonyl (C=O) groups is 2. The third kappa shape index (κ3) is 5.80. The summed E-state index contributed by atoms with van der Waals surface area (Å²) in [5, 5.41) is 11.8. The first-order valence-corrected chi connectivity index (χ1v) is 11.9. The van der Waals surface area contributed by atoms with Crippen LogP contribution in [0.5, 0.6) is 0 Å². The van der Waals surface area contributed by atoms with Crippen LogP contribution >= 0.6 is 11.8 Å². The number of hydrogen-bond acceptors (Lipinski definition) is 3. The Morgan fingerprint density at radius 3 is 2.34 bits per heavy atom. The summed E-state index contributed by atoms with van der Waals surface area (Å²) in [6, 6.07) is 22.8. The number of aliphatic carboxylic acids is 1. The zero-order valence-corrected chi connectivity index (χ0v) is 18.8. The minimum absolute atomic E-state index is 0.0408. The normalized spacial score (nSPS) is 12.4. The van der Waals surface area contributed by atoms with Gasteiger partial charge >= 0.3 is 5.97 Å². The van der Waals surface area contributed by atoms with Gasteiger partial charge in [-0.05, 0) is 58.7 Å². The van der Waals surface area contributed by atoms with E-state index >= 15 is 0 Å². The van der Waals surface area contributed by atoms with E-state index in [1.807, 2.05) is 36.0 Å². The molecule has 4 nitrogen and oxygen atoms in total. The van der Waals surface area contributed by atoms with Gasteiger partial charge in [0.2, 0.25) is 5.91 Å². The molecule has 32 heavy (non-hydrogen) atoms. The number of fused-ring (bicyclic) bond motifs is 2. The predicted molar refractivity (Wildman–Crippen MR) is 128 cm³/mol. The number of nitrogens with one attached hydrogen (secondary N) is 1. The summed E-state index contributed by atoms with van der Waals surface area (Å²) in [5.41, 5.74) is 7.24. The molecule has 0 bridgehead atoms. The van der Waals surface area contributed by atoms with Gasteiger partial charge in [-0.1, -0.05) is 60.7 Å². The van der Waals surface area contributed by atoms with Gasteiger partial charge in [0.15, 0.2) is 0 Å². The quantitative estimate of drug-likeness (QED) is 0.523. The molecule has 1 amide bonds. The van der Waals surface area contributed by atoms with Crippen LogP contribution in [0.4, 0.5) is 0 Å². The van der Waals surface area contributed by atoms with Gasteiger partial charge in [-0.3, -0.25) is 9.59 Å². The molecule has 2 N–H and O–H groups in total. The van der Waals surface area contributed by atoms with E-state index in [-0.39, 0.29) is 12.3 Å². The fourth-order valence-corrected chi connectivity index (χ4v) is 5.18. The van der Waals surface area contributed by atoms with Crippen LogP contribution in [0.3, 0.4) is 0 Å². The highest BCUT2D eigenvalue weighted by Gasteiger charge is 2.17. The molecule has 4 rings (SSSR count). The van der Waals surface area contributed by atoms with Crippen LogP contribution in [-0.2, 0) is 41.0 Å². The van der Waals surface area contributed by atoms with Crippen LogP contribution in [-0.4, -0.2) is 23.5 Å². The number of hydrogen-bond donors (Lipinski definition) is 2. The van der Waals surface area contributed by atoms with Gasteiger partial charge in [0.05, 0.1) is 6.42 Å². The van der Waals surface area contributed by atoms with Gasteiger partial charge in [0.25, 0.3) is 0 Å². The van der Waals surface area contributed by atoms with E-state index < -0.39 is 5.97 Å². The van der Waals surface area contributed by atoms with Crippen molar-refractivity contribution in [1.29, 1.82) is 0 Å². The first-order chi connectivity index (χ1) is 15.6. The lowest BCUT2D eigenvalue weighted by Gasteiger charge is -2.13. The maximum Gasteiger partial charge on any atom is 0.303 e. The fourth-order valence-electron chi connectivity index (χ4n) is 4.03. The van der Waals surface area contributed by atoms with Crippen molar-refractivity contribution < 1.29 is 14.7 Å². The lowest BCUT2D eigenvalue weighted by atomic mass is 9.95. The van der Waals surface area contributed by atoms with Crippen molar-refractivity contribution in [3.05, 3.63) is 100 Å². The van der Waals surface area contributed by atoms with Gasteiger partial charge in [0.1, 0.15) is 0 Å². The molecule has 1 aliphatic rings. The fraction of sp³-hybridized carbons (Fsp3) is 0.259. The van der Waals surface area contributed by atoms with Crippen LogP contribution in [0.15, 0.2) is 71.6 Å². The molecule has 0 spiro atoms. The molecule has 0 aliphatic carbocycles. The highest BCUT2D eigenvalue weighted by Crippen LogP contribution is 2.35. The molecule has 0 aromatic heterocycles. The summed E-state index contributed by atoms with van der Waals surface area (Å²) in [6.45, 7) is 0.583. The Labute approximate surface area is 193 Å². The van der Waals surface area contributed by atoms with Crippen LogP contribution in [0.1, 0.15) is 39.8 Å². The molecule has 3 aromatic rings. The molecule has 0 radical (unpaired) electrons. The molecule has 0 fully saturated rings. The standard InChI is InChI=1S/C27H27NO3S/c29-26(28-15-14-20-10-8-19(9-11-20)12-13-27(30)31)17-22-6-3-7-25-24(22)16-21-4-1-2-5-23(21)18-32-25/h1-11H,12-18H2,(H,28,29)(H,30,31). The Bertz CT molecular complexity index is 1110. The molecule has 0 saturated carbocycles. The van der Waals surface area contributed by atoms with Crippen molar-refractivity contribution in [2.45, 2.75) is 42.8 Å². The summed E-state index contributed by atoms with van der Waals surface area (Å²) in [7, 11) is 0. The summed E-state index contributed by atoms with van der Waals surface area (Å²) in [4.78, 5) is 24.6. The maximum absolute atomic E-state index is 12.6. The highest BCUT2D eigenvalue weighted by molar-refractivity contribution is 7.98. The van der Waals surface area contributed by atoms with E-state index in [0.717, 1.165) is 35.3 Å². The van der Waals surface area contributed by atoms with E-state index in [4.69, 9.17) is 5.11 Å². The topological polar surface area (TPSA) is 66.4 Å². The second-order valence-electron chi connectivity index (χ2n) is 8.11. The summed E-state index contributed by atoms with van der Waals surface area (Å²) in [6.07, 6.45) is 2.69. The smallest absolute Gasteiger partial charge is 0.303 e. The number of benzene rings is 3. The van der Waals surface area contributed by atoms with Crippen molar-refractivity contribution in [3.8, 4) is 0 Å². The summed E-state index contributed by atoms with van der Waals surface area (Å²) >= 11 is 1.85. The first-order valence-electron chi connectivity index (χ1n) is 10.9. The average molecular weight is 446 g/mol. The van der Waals surface area contributed by atoms with Crippen molar-refractivity contribution in [2.24, 2.45) is 0 Å². The zero-order chi connectivity index (χ0) is 22.3. The molecule has 3 aromatic carbocycles. The predicted octanol–water partition coefficient (Wildman–Crippen LogP) is 4.80. The monoisotopic (exact) mass is 445 g/mol. The number of thioether (sulfide) groups is 1. The van der Waals surface area contributed by atoms with E-state index in [2.05, 4.69) is 47.8 Å². The third-order valence-corrected chi connectivity index (χ3v) is 6.99. The molecule has 0 unspecified atom stereocenters. The number of carbonyl (C=O) groups excluding carboxylic acids is 1. The maximum atomic E-state index is 12.6. The Morgan fingerprint density at radius 2 is 1.59 bits per heavy atom. The number of rotatable bonds is 8. The van der Waals surface area contributed by atoms with Gasteiger partial charge in [-0.15, -0.1) is 11.8 Å². The number of carboxylic acids is 1. The Kier molecular flexibility index (Phi) is 7.28. The molecular formula is C27H27NO3S. The van der Waals surface area contributed by atoms with Gasteiger partial charge in [-0.25, -0.2) is 0 Å². The second-order valence-corrected chi connectivity index (χ2v) is 9.13. The Morgan fingerprint density at radius 1 is 0.875 bits per heavy atom. The van der Waals surface area contributed by atoms with Gasteiger partial charge < -0.3 is 10.4 Å². The minimum Gasteiger partial charge on any atom is -0.481 e. The van der Waals surface area contributed by atoms with Gasteiger partial charge in [0, 0.05) is 23.6 Å². The molecule has 0 saturated heterocycles. The number of amides is 1. The molecule has 164 valence electrons. The molecule has 0 atom stereocenters. The van der Waals surface area contributed by atoms with Crippen molar-refractivity contribution in [2.75, 3.05) is 6.54 Å². The number of carboxylic acid groups (broad SMARTS) is 1. The van der Waals surface area contributed by atoms with Crippen LogP contribution in [0.2, 0.25) is 0 Å². The SMILES string of the molecule is O=C(O)CCc1ccc(CCNC(=O)Cc2cccc3c2Cc2ccccc2CS3)cc1. The Balaban J connectivity index is 1.32. The summed E-state index contributed by atoms with van der Waals surface area (Å²) < 4.78 is 0. The zero-order valence-electron chi connectivity index (χ0n) is 18.0. The Hall–Kier alpha value is -3.05. The largest absolute Gasteiger partial charge is 0.481 e. The summed E-state index contributed by atoms with van der Waals surface area (Å²) in [5.74, 6) is 0.224. The minimum atomic E-state index is -0.783. The molecule has 1 heterocycles. The van der Waals surface area contributed by atoms with E-state index in [1.165, 1.54) is 21.6 Å². The van der Waals surface area contributed by atoms with Gasteiger partial charge in [-0.2, -0.15) is 0 Å². The lowest BCUT2D eigenvalue weighted by Crippen LogP contribution is -2.27. The first kappa shape index (κ1) is 22.2. The van der Waals surface area contributed by atoms with E-state index in [1.54, 1.807) is 0 Å². The highest BCUT2D eigenvalue weighted by atomic mass is 32.2. The molecular weight excluding hydrogens is 418 g/mol. The van der Waals surface area contributed by atoms with Crippen molar-refractivity contribution >= 4 is 23.6 Å². The average Bonchev–Trinajstić information content (AvgIpc) is 2.99.